The zero-order valence-electron chi connectivity index (χ0n) is 46.1. The van der Waals surface area contributed by atoms with Gasteiger partial charge in [-0.15, -0.1) is 11.3 Å². The molecule has 76 heavy (non-hydrogen) atoms. The lowest BCUT2D eigenvalue weighted by molar-refractivity contribution is -0.110. The quantitative estimate of drug-likeness (QED) is 0.0540. The number of halogens is 1. The molecule has 15 nitrogen and oxygen atoms in total. The largest absolute Gasteiger partial charge is 0.483 e. The number of piperidine rings is 2. The molecule has 412 valence electrons. The number of nitrogens with one attached hydrogen (secondary N) is 3. The Hall–Kier alpha value is -6.17. The SMILES string of the molecule is CC.CC12CC(Nc3cccc(-c4sc(C=O)c(OCC=O)c4Cl)c3)C(C1)C(C)(C)N2.CCc1ccc2oc(N3CCC(c4ccc(N(C)C(C)CCC=O)c5c(C=O)cccc45)CC3)nc2c1.CNC=O.CO.CO. The van der Waals surface area contributed by atoms with Crippen molar-refractivity contribution in [1.82, 2.24) is 15.6 Å². The van der Waals surface area contributed by atoms with Crippen LogP contribution in [-0.4, -0.2) is 118 Å². The molecule has 0 spiro atoms. The van der Waals surface area contributed by atoms with Crippen molar-refractivity contribution in [3.8, 4) is 16.2 Å². The molecular formula is C59H79ClN6O9S. The van der Waals surface area contributed by atoms with Crippen LogP contribution in [0, 0.1) is 5.92 Å². The zero-order chi connectivity index (χ0) is 56.2. The smallest absolute Gasteiger partial charge is 0.298 e. The van der Waals surface area contributed by atoms with Crippen LogP contribution in [0.3, 0.4) is 0 Å². The Bertz CT molecular complexity index is 2820. The number of benzene rings is 4. The highest BCUT2D eigenvalue weighted by atomic mass is 35.5. The summed E-state index contributed by atoms with van der Waals surface area (Å²) in [7, 11) is 5.61. The van der Waals surface area contributed by atoms with E-state index in [0.29, 0.717) is 64.8 Å². The number of ether oxygens (including phenoxy) is 1. The fourth-order valence-corrected chi connectivity index (χ4v) is 12.1. The average Bonchev–Trinajstić information content (AvgIpc) is 4.21. The first-order valence-corrected chi connectivity index (χ1v) is 27.2. The Labute approximate surface area is 457 Å². The summed E-state index contributed by atoms with van der Waals surface area (Å²) >= 11 is 7.76. The van der Waals surface area contributed by atoms with Crippen LogP contribution in [0.25, 0.3) is 32.3 Å². The number of amides is 1. The van der Waals surface area contributed by atoms with Gasteiger partial charge in [-0.3, -0.25) is 19.2 Å². The summed E-state index contributed by atoms with van der Waals surface area (Å²) < 4.78 is 11.5. The Morgan fingerprint density at radius 1 is 0.947 bits per heavy atom. The number of thiophene rings is 1. The third-order valence-corrected chi connectivity index (χ3v) is 15.8. The second kappa shape index (κ2) is 29.9. The van der Waals surface area contributed by atoms with Crippen molar-refractivity contribution in [2.75, 3.05) is 63.1 Å². The van der Waals surface area contributed by atoms with Gasteiger partial charge in [0.25, 0.3) is 6.01 Å². The van der Waals surface area contributed by atoms with E-state index in [1.165, 1.54) is 28.9 Å². The van der Waals surface area contributed by atoms with Gasteiger partial charge in [0.1, 0.15) is 28.3 Å². The second-order valence-electron chi connectivity index (χ2n) is 19.4. The molecule has 3 aliphatic rings. The van der Waals surface area contributed by atoms with Crippen molar-refractivity contribution in [3.63, 3.8) is 0 Å². The highest BCUT2D eigenvalue weighted by molar-refractivity contribution is 7.18. The molecule has 2 bridgehead atoms. The number of carbonyl (C=O) groups excluding carboxylic acids is 5. The topological polar surface area (TPSA) is 204 Å². The Morgan fingerprint density at radius 2 is 1.64 bits per heavy atom. The molecule has 2 aliphatic heterocycles. The minimum absolute atomic E-state index is 0.114. The molecule has 4 aromatic carbocycles. The molecule has 9 rings (SSSR count). The number of hydrogen-bond donors (Lipinski definition) is 5. The summed E-state index contributed by atoms with van der Waals surface area (Å²) in [6.45, 7) is 16.7. The van der Waals surface area contributed by atoms with Crippen molar-refractivity contribution in [2.45, 2.75) is 122 Å². The number of aliphatic hydroxyl groups excluding tert-OH is 2. The zero-order valence-corrected chi connectivity index (χ0v) is 47.6. The van der Waals surface area contributed by atoms with Gasteiger partial charge >= 0.3 is 0 Å². The molecule has 2 saturated heterocycles. The van der Waals surface area contributed by atoms with E-state index in [-0.39, 0.29) is 29.5 Å². The van der Waals surface area contributed by atoms with Crippen LogP contribution in [0.4, 0.5) is 17.4 Å². The second-order valence-corrected chi connectivity index (χ2v) is 20.8. The normalized spacial score (nSPS) is 18.3. The maximum atomic E-state index is 12.0. The fourth-order valence-electron chi connectivity index (χ4n) is 10.7. The van der Waals surface area contributed by atoms with E-state index in [2.05, 4.69) is 103 Å². The molecular weight excluding hydrogens is 1000 g/mol. The van der Waals surface area contributed by atoms with E-state index in [4.69, 9.17) is 40.7 Å². The predicted molar refractivity (Wildman–Crippen MR) is 310 cm³/mol. The molecule has 1 saturated carbocycles. The number of rotatable bonds is 17. The van der Waals surface area contributed by atoms with Crippen LogP contribution >= 0.6 is 22.9 Å². The van der Waals surface area contributed by atoms with Crippen LogP contribution in [0.1, 0.15) is 124 Å². The van der Waals surface area contributed by atoms with Crippen LogP contribution in [0.15, 0.2) is 77.2 Å². The first-order valence-electron chi connectivity index (χ1n) is 26.0. The summed E-state index contributed by atoms with van der Waals surface area (Å²) in [6, 6.07) is 26.0. The number of aromatic nitrogens is 1. The number of hydrogen-bond acceptors (Lipinski definition) is 15. The Balaban J connectivity index is 0.000000287. The molecule has 0 radical (unpaired) electrons. The number of aryl methyl sites for hydroxylation is 1. The predicted octanol–water partition coefficient (Wildman–Crippen LogP) is 10.9. The molecule has 1 aliphatic carbocycles. The van der Waals surface area contributed by atoms with Crippen molar-refractivity contribution >= 4 is 93.8 Å². The maximum absolute atomic E-state index is 12.0. The molecule has 4 heterocycles. The summed E-state index contributed by atoms with van der Waals surface area (Å²) in [5.41, 5.74) is 8.31. The summed E-state index contributed by atoms with van der Waals surface area (Å²) in [4.78, 5) is 64.4. The standard InChI is InChI=1S/C31H35N3O3.C22H25ClN2O3S.C2H5NO.C2H6.2CH4O/c1-4-22-10-13-29-27(19-22)32-31(37-29)34-16-14-23(15-17-34)25-11-12-28(33(3)21(2)7-6-18-35)30-24(20-36)8-5-9-26(25)30;1-21(2)15-10-22(3,25-21)11-16(15)24-14-6-4-5-13(9-14)20-18(23)19(28-8-7-26)17(12-27)29-20;1-3-2-4;3*1-2/h5,8-13,18-21,23H,4,6-7,14-17H2,1-3H3;4-7,9,12,15-16,24-25H,8,10-11H2,1-3H3;2H,1H3,(H,3,4);1-2H3;2*2H,1H3. The van der Waals surface area contributed by atoms with Crippen molar-refractivity contribution < 1.29 is 43.3 Å². The first kappa shape index (κ1) is 62.4. The van der Waals surface area contributed by atoms with Crippen molar-refractivity contribution in [3.05, 3.63) is 99.4 Å². The number of nitrogens with zero attached hydrogens (tertiary/aromatic N) is 3. The van der Waals surface area contributed by atoms with Crippen LogP contribution < -0.4 is 30.5 Å². The number of fused-ring (bicyclic) bond motifs is 4. The van der Waals surface area contributed by atoms with Crippen LogP contribution in [0.2, 0.25) is 5.02 Å². The monoisotopic (exact) mass is 1080 g/mol. The van der Waals surface area contributed by atoms with Gasteiger partial charge in [-0.1, -0.05) is 74.8 Å². The van der Waals surface area contributed by atoms with Crippen molar-refractivity contribution in [2.24, 2.45) is 5.92 Å². The van der Waals surface area contributed by atoms with Crippen molar-refractivity contribution in [1.29, 1.82) is 0 Å². The summed E-state index contributed by atoms with van der Waals surface area (Å²) in [6.07, 6.45) is 10.4. The molecule has 4 unspecified atom stereocenters. The summed E-state index contributed by atoms with van der Waals surface area (Å²) in [5, 5.41) is 26.3. The number of carbonyl (C=O) groups is 5. The molecule has 3 fully saturated rings. The van der Waals surface area contributed by atoms with Gasteiger partial charge in [-0.25, -0.2) is 0 Å². The number of aliphatic hydroxyl groups is 2. The molecule has 6 aromatic rings. The van der Waals surface area contributed by atoms with E-state index < -0.39 is 0 Å². The van der Waals surface area contributed by atoms with Crippen LogP contribution in [-0.2, 0) is 20.8 Å². The van der Waals surface area contributed by atoms with Gasteiger partial charge in [0.15, 0.2) is 30.2 Å². The maximum Gasteiger partial charge on any atom is 0.298 e. The lowest BCUT2D eigenvalue weighted by Crippen LogP contribution is -2.55. The van der Waals surface area contributed by atoms with Gasteiger partial charge in [-0.2, -0.15) is 4.98 Å². The highest BCUT2D eigenvalue weighted by Gasteiger charge is 2.56. The molecule has 1 amide bonds. The van der Waals surface area contributed by atoms with E-state index >= 15 is 0 Å². The van der Waals surface area contributed by atoms with Gasteiger partial charge in [0.05, 0.1) is 4.88 Å². The van der Waals surface area contributed by atoms with E-state index in [0.717, 1.165) is 116 Å². The molecule has 4 atom stereocenters. The Morgan fingerprint density at radius 3 is 2.25 bits per heavy atom. The van der Waals surface area contributed by atoms with Gasteiger partial charge < -0.3 is 49.9 Å². The number of aldehydes is 4. The summed E-state index contributed by atoms with van der Waals surface area (Å²) in [5.74, 6) is 1.23. The minimum atomic E-state index is -0.135. The number of oxazole rings is 1. The molecule has 5 N–H and O–H groups in total. The molecule has 2 aromatic heterocycles. The lowest BCUT2D eigenvalue weighted by Gasteiger charge is -2.40. The van der Waals surface area contributed by atoms with E-state index in [1.54, 1.807) is 7.05 Å². The van der Waals surface area contributed by atoms with E-state index in [9.17, 15) is 19.2 Å². The third-order valence-electron chi connectivity index (χ3n) is 14.2. The van der Waals surface area contributed by atoms with Crippen LogP contribution in [0.5, 0.6) is 5.75 Å². The van der Waals surface area contributed by atoms with Gasteiger partial charge in [0.2, 0.25) is 6.41 Å². The third kappa shape index (κ3) is 14.8. The number of anilines is 3. The average molecular weight is 1080 g/mol. The lowest BCUT2D eigenvalue weighted by atomic mass is 9.84. The minimum Gasteiger partial charge on any atom is -0.483 e. The van der Waals surface area contributed by atoms with Gasteiger partial charge in [-0.05, 0) is 130 Å². The fraction of sp³-hybridized carbons (Fsp3) is 0.458. The first-order chi connectivity index (χ1) is 36.7. The van der Waals surface area contributed by atoms with E-state index in [1.807, 2.05) is 51.2 Å². The highest BCUT2D eigenvalue weighted by Crippen LogP contribution is 2.50. The Kier molecular flexibility index (Phi) is 24.6. The van der Waals surface area contributed by atoms with Gasteiger partial charge in [0, 0.05) is 93.3 Å². The molecule has 17 heteroatoms.